The molecule has 0 aliphatic rings. The van der Waals surface area contributed by atoms with Crippen molar-refractivity contribution in [2.75, 3.05) is 6.61 Å². The lowest BCUT2D eigenvalue weighted by Crippen LogP contribution is -2.10. The van der Waals surface area contributed by atoms with Crippen molar-refractivity contribution >= 4 is 0 Å². The fraction of sp³-hybridized carbons (Fsp3) is 0.385. The summed E-state index contributed by atoms with van der Waals surface area (Å²) in [6, 6.07) is 7.23. The van der Waals surface area contributed by atoms with Crippen LogP contribution >= 0.6 is 0 Å². The number of nitrogens with zero attached hydrogens (tertiary/aromatic N) is 1. The third-order valence-corrected chi connectivity index (χ3v) is 2.16. The first-order chi connectivity index (χ1) is 7.58. The Hall–Kier alpha value is -1.53. The van der Waals surface area contributed by atoms with Crippen molar-refractivity contribution in [3.8, 4) is 11.8 Å². The van der Waals surface area contributed by atoms with Crippen molar-refractivity contribution in [3.63, 3.8) is 0 Å². The first-order valence-corrected chi connectivity index (χ1v) is 5.23. The summed E-state index contributed by atoms with van der Waals surface area (Å²) >= 11 is 0. The van der Waals surface area contributed by atoms with Crippen LogP contribution in [0.3, 0.4) is 0 Å². The molecule has 1 radical (unpaired) electrons. The standard InChI is InChI=1S/C13H16NO2/c1-9(2)16-13-5-4-11(7-14)6-12(13)10(3)8-15/h4-6,9-10,15H,3,8H2,1-2H3. The van der Waals surface area contributed by atoms with Crippen LogP contribution in [0, 0.1) is 18.3 Å². The van der Waals surface area contributed by atoms with E-state index in [-0.39, 0.29) is 18.6 Å². The van der Waals surface area contributed by atoms with Crippen molar-refractivity contribution in [3.05, 3.63) is 36.2 Å². The SMILES string of the molecule is [CH2]C(CO)c1cc(C#N)ccc1OC(C)C. The molecule has 0 heterocycles. The van der Waals surface area contributed by atoms with Gasteiger partial charge >= 0.3 is 0 Å². The summed E-state index contributed by atoms with van der Waals surface area (Å²) in [7, 11) is 0. The second-order valence-corrected chi connectivity index (χ2v) is 3.91. The molecule has 0 amide bonds. The molecule has 1 unspecified atom stereocenters. The Morgan fingerprint density at radius 3 is 2.69 bits per heavy atom. The van der Waals surface area contributed by atoms with E-state index >= 15 is 0 Å². The Morgan fingerprint density at radius 2 is 2.19 bits per heavy atom. The van der Waals surface area contributed by atoms with Crippen molar-refractivity contribution in [1.29, 1.82) is 5.26 Å². The minimum absolute atomic E-state index is 0.0533. The van der Waals surface area contributed by atoms with Crippen molar-refractivity contribution < 1.29 is 9.84 Å². The predicted molar refractivity (Wildman–Crippen MR) is 62.1 cm³/mol. The topological polar surface area (TPSA) is 53.2 Å². The average molecular weight is 218 g/mol. The second kappa shape index (κ2) is 5.53. The smallest absolute Gasteiger partial charge is 0.123 e. The van der Waals surface area contributed by atoms with Crippen LogP contribution in [0.5, 0.6) is 5.75 Å². The van der Waals surface area contributed by atoms with Crippen molar-refractivity contribution in [2.24, 2.45) is 0 Å². The summed E-state index contributed by atoms with van der Waals surface area (Å²) in [5.41, 5.74) is 1.32. The van der Waals surface area contributed by atoms with Gasteiger partial charge in [0.25, 0.3) is 0 Å². The van der Waals surface area contributed by atoms with Crippen molar-refractivity contribution in [2.45, 2.75) is 25.9 Å². The fourth-order valence-corrected chi connectivity index (χ4v) is 1.40. The van der Waals surface area contributed by atoms with E-state index in [4.69, 9.17) is 15.1 Å². The summed E-state index contributed by atoms with van der Waals surface area (Å²) in [5.74, 6) is 0.407. The lowest BCUT2D eigenvalue weighted by Gasteiger charge is -2.17. The zero-order valence-electron chi connectivity index (χ0n) is 9.60. The maximum atomic E-state index is 9.11. The van der Waals surface area contributed by atoms with E-state index in [9.17, 15) is 0 Å². The number of rotatable bonds is 4. The van der Waals surface area contributed by atoms with E-state index in [1.165, 1.54) is 0 Å². The molecule has 0 aliphatic carbocycles. The van der Waals surface area contributed by atoms with Crippen LogP contribution in [0.25, 0.3) is 0 Å². The number of nitriles is 1. The van der Waals surface area contributed by atoms with Gasteiger partial charge in [-0.1, -0.05) is 0 Å². The molecule has 3 heteroatoms. The number of ether oxygens (including phenoxy) is 1. The maximum absolute atomic E-state index is 9.11. The van der Waals surface area contributed by atoms with Gasteiger partial charge in [-0.15, -0.1) is 0 Å². The minimum Gasteiger partial charge on any atom is -0.491 e. The monoisotopic (exact) mass is 218 g/mol. The van der Waals surface area contributed by atoms with Crippen LogP contribution in [0.4, 0.5) is 0 Å². The minimum atomic E-state index is -0.276. The van der Waals surface area contributed by atoms with E-state index in [0.29, 0.717) is 11.3 Å². The molecule has 0 aromatic heterocycles. The molecule has 1 aromatic carbocycles. The normalized spacial score (nSPS) is 12.2. The highest BCUT2D eigenvalue weighted by molar-refractivity contribution is 5.44. The van der Waals surface area contributed by atoms with Crippen LogP contribution in [-0.4, -0.2) is 17.8 Å². The molecule has 16 heavy (non-hydrogen) atoms. The molecule has 1 atom stereocenters. The lowest BCUT2D eigenvalue weighted by molar-refractivity contribution is 0.233. The molecule has 1 N–H and O–H groups in total. The molecular formula is C13H16NO2. The molecule has 0 spiro atoms. The third-order valence-electron chi connectivity index (χ3n) is 2.16. The van der Waals surface area contributed by atoms with Gasteiger partial charge in [-0.2, -0.15) is 5.26 Å². The van der Waals surface area contributed by atoms with Gasteiger partial charge in [0.15, 0.2) is 0 Å². The number of hydrogen-bond acceptors (Lipinski definition) is 3. The number of aliphatic hydroxyl groups is 1. The van der Waals surface area contributed by atoms with Crippen LogP contribution < -0.4 is 4.74 Å². The molecule has 0 aliphatic heterocycles. The summed E-state index contributed by atoms with van der Waals surface area (Å²) in [6.45, 7) is 7.62. The Labute approximate surface area is 96.3 Å². The molecule has 1 rings (SSSR count). The zero-order valence-corrected chi connectivity index (χ0v) is 9.60. The van der Waals surface area contributed by atoms with E-state index in [1.807, 2.05) is 13.8 Å². The second-order valence-electron chi connectivity index (χ2n) is 3.91. The van der Waals surface area contributed by atoms with Gasteiger partial charge in [-0.05, 0) is 39.0 Å². The Balaban J connectivity index is 3.12. The lowest BCUT2D eigenvalue weighted by atomic mass is 9.99. The summed E-state index contributed by atoms with van der Waals surface area (Å²) in [5, 5.41) is 17.9. The van der Waals surface area contributed by atoms with Gasteiger partial charge in [0.1, 0.15) is 5.75 Å². The van der Waals surface area contributed by atoms with Crippen LogP contribution in [-0.2, 0) is 0 Å². The van der Waals surface area contributed by atoms with Gasteiger partial charge in [0.05, 0.1) is 24.3 Å². The zero-order chi connectivity index (χ0) is 12.1. The van der Waals surface area contributed by atoms with Gasteiger partial charge in [0, 0.05) is 11.5 Å². The summed E-state index contributed by atoms with van der Waals surface area (Å²) < 4.78 is 5.61. The van der Waals surface area contributed by atoms with Crippen molar-refractivity contribution in [1.82, 2.24) is 0 Å². The van der Waals surface area contributed by atoms with E-state index in [0.717, 1.165) is 5.56 Å². The van der Waals surface area contributed by atoms with Crippen LogP contribution in [0.2, 0.25) is 0 Å². The highest BCUT2D eigenvalue weighted by Gasteiger charge is 2.13. The molecule has 0 saturated carbocycles. The predicted octanol–water partition coefficient (Wildman–Crippen LogP) is 2.26. The van der Waals surface area contributed by atoms with Gasteiger partial charge < -0.3 is 9.84 Å². The van der Waals surface area contributed by atoms with E-state index in [1.54, 1.807) is 18.2 Å². The molecule has 0 fully saturated rings. The highest BCUT2D eigenvalue weighted by atomic mass is 16.5. The molecule has 1 aromatic rings. The highest BCUT2D eigenvalue weighted by Crippen LogP contribution is 2.28. The molecular weight excluding hydrogens is 202 g/mol. The Kier molecular flexibility index (Phi) is 4.33. The third kappa shape index (κ3) is 2.98. The molecule has 0 bridgehead atoms. The first-order valence-electron chi connectivity index (χ1n) is 5.23. The van der Waals surface area contributed by atoms with E-state index < -0.39 is 0 Å². The molecule has 0 saturated heterocycles. The Bertz CT molecular complexity index is 393. The van der Waals surface area contributed by atoms with Crippen LogP contribution in [0.15, 0.2) is 18.2 Å². The Morgan fingerprint density at radius 1 is 1.50 bits per heavy atom. The first kappa shape index (κ1) is 12.5. The summed E-state index contributed by atoms with van der Waals surface area (Å²) in [6.07, 6.45) is 0.0533. The quantitative estimate of drug-likeness (QED) is 0.843. The van der Waals surface area contributed by atoms with Crippen LogP contribution in [0.1, 0.15) is 30.9 Å². The van der Waals surface area contributed by atoms with E-state index in [2.05, 4.69) is 13.0 Å². The van der Waals surface area contributed by atoms with Gasteiger partial charge in [-0.25, -0.2) is 0 Å². The largest absolute Gasteiger partial charge is 0.491 e. The average Bonchev–Trinajstić information content (AvgIpc) is 2.28. The summed E-state index contributed by atoms with van der Waals surface area (Å²) in [4.78, 5) is 0. The number of benzene rings is 1. The number of aliphatic hydroxyl groups excluding tert-OH is 1. The molecule has 3 nitrogen and oxygen atoms in total. The van der Waals surface area contributed by atoms with Gasteiger partial charge in [-0.3, -0.25) is 0 Å². The van der Waals surface area contributed by atoms with Gasteiger partial charge in [0.2, 0.25) is 0 Å². The maximum Gasteiger partial charge on any atom is 0.123 e. The number of hydrogen-bond donors (Lipinski definition) is 1. The fourth-order valence-electron chi connectivity index (χ4n) is 1.40. The molecule has 85 valence electrons.